The van der Waals surface area contributed by atoms with Gasteiger partial charge < -0.3 is 9.47 Å². The minimum Gasteiger partial charge on any atom is -0.481 e. The van der Waals surface area contributed by atoms with E-state index >= 15 is 0 Å². The van der Waals surface area contributed by atoms with Gasteiger partial charge in [0.05, 0.1) is 4.47 Å². The molecule has 4 aromatic rings. The molecule has 0 N–H and O–H groups in total. The minimum atomic E-state index is -0.444. The van der Waals surface area contributed by atoms with Crippen molar-refractivity contribution in [1.82, 2.24) is 0 Å². The van der Waals surface area contributed by atoms with E-state index in [1.54, 1.807) is 6.07 Å². The maximum absolute atomic E-state index is 12.1. The molecule has 4 rings (SSSR count). The Balaban J connectivity index is 1.46. The first-order valence-electron chi connectivity index (χ1n) is 8.20. The van der Waals surface area contributed by atoms with Crippen molar-refractivity contribution in [3.05, 3.63) is 83.3 Å². The Morgan fingerprint density at radius 1 is 0.808 bits per heavy atom. The molecule has 26 heavy (non-hydrogen) atoms. The Bertz CT molecular complexity index is 1100. The van der Waals surface area contributed by atoms with Gasteiger partial charge in [-0.1, -0.05) is 60.7 Å². The van der Waals surface area contributed by atoms with Crippen LogP contribution in [0.25, 0.3) is 21.5 Å². The Hall–Kier alpha value is -2.85. The van der Waals surface area contributed by atoms with Crippen molar-refractivity contribution in [3.63, 3.8) is 0 Å². The summed E-state index contributed by atoms with van der Waals surface area (Å²) in [5.41, 5.74) is 0. The van der Waals surface area contributed by atoms with Crippen LogP contribution in [0, 0.1) is 0 Å². The standard InChI is InChI=1S/C22H15BrO3/c23-22-19-8-4-3-6-16(19)10-12-20(22)25-14-21(24)26-18-11-9-15-5-1-2-7-17(15)13-18/h1-13H,14H2. The molecule has 0 bridgehead atoms. The number of fused-ring (bicyclic) bond motifs is 2. The predicted molar refractivity (Wildman–Crippen MR) is 107 cm³/mol. The topological polar surface area (TPSA) is 35.5 Å². The number of rotatable bonds is 4. The molecular formula is C22H15BrO3. The zero-order valence-corrected chi connectivity index (χ0v) is 15.4. The molecule has 0 aliphatic rings. The zero-order chi connectivity index (χ0) is 17.9. The van der Waals surface area contributed by atoms with Gasteiger partial charge in [-0.15, -0.1) is 0 Å². The highest BCUT2D eigenvalue weighted by molar-refractivity contribution is 9.10. The third-order valence-electron chi connectivity index (χ3n) is 4.13. The number of benzene rings is 4. The molecule has 0 heterocycles. The monoisotopic (exact) mass is 406 g/mol. The van der Waals surface area contributed by atoms with Crippen molar-refractivity contribution >= 4 is 43.4 Å². The van der Waals surface area contributed by atoms with E-state index in [1.165, 1.54) is 0 Å². The van der Waals surface area contributed by atoms with Crippen LogP contribution >= 0.6 is 15.9 Å². The summed E-state index contributed by atoms with van der Waals surface area (Å²) >= 11 is 3.55. The molecule has 0 saturated carbocycles. The van der Waals surface area contributed by atoms with E-state index < -0.39 is 5.97 Å². The van der Waals surface area contributed by atoms with E-state index in [2.05, 4.69) is 15.9 Å². The average Bonchev–Trinajstić information content (AvgIpc) is 2.67. The summed E-state index contributed by atoms with van der Waals surface area (Å²) in [4.78, 5) is 12.1. The number of carbonyl (C=O) groups is 1. The average molecular weight is 407 g/mol. The summed E-state index contributed by atoms with van der Waals surface area (Å²) in [6.45, 7) is -0.163. The lowest BCUT2D eigenvalue weighted by Crippen LogP contribution is -2.17. The number of halogens is 1. The van der Waals surface area contributed by atoms with Gasteiger partial charge in [-0.05, 0) is 55.7 Å². The summed E-state index contributed by atoms with van der Waals surface area (Å²) in [7, 11) is 0. The van der Waals surface area contributed by atoms with Crippen LogP contribution in [-0.2, 0) is 4.79 Å². The van der Waals surface area contributed by atoms with Gasteiger partial charge in [-0.25, -0.2) is 4.79 Å². The van der Waals surface area contributed by atoms with Crippen molar-refractivity contribution in [2.75, 3.05) is 6.61 Å². The molecular weight excluding hydrogens is 392 g/mol. The smallest absolute Gasteiger partial charge is 0.349 e. The minimum absolute atomic E-state index is 0.163. The lowest BCUT2D eigenvalue weighted by Gasteiger charge is -2.10. The third-order valence-corrected chi connectivity index (χ3v) is 4.94. The highest BCUT2D eigenvalue weighted by atomic mass is 79.9. The zero-order valence-electron chi connectivity index (χ0n) is 13.8. The fraction of sp³-hybridized carbons (Fsp3) is 0.0455. The second-order valence-electron chi connectivity index (χ2n) is 5.87. The Morgan fingerprint density at radius 3 is 2.35 bits per heavy atom. The molecule has 4 heteroatoms. The van der Waals surface area contributed by atoms with E-state index in [0.717, 1.165) is 26.0 Å². The summed E-state index contributed by atoms with van der Waals surface area (Å²) in [6, 6.07) is 25.3. The lowest BCUT2D eigenvalue weighted by atomic mass is 10.1. The van der Waals surface area contributed by atoms with Crippen LogP contribution in [0.15, 0.2) is 83.3 Å². The molecule has 3 nitrogen and oxygen atoms in total. The van der Waals surface area contributed by atoms with Gasteiger partial charge in [0.25, 0.3) is 0 Å². The van der Waals surface area contributed by atoms with Gasteiger partial charge in [-0.3, -0.25) is 0 Å². The van der Waals surface area contributed by atoms with Gasteiger partial charge in [0, 0.05) is 0 Å². The van der Waals surface area contributed by atoms with Crippen LogP contribution in [0.1, 0.15) is 0 Å². The van der Waals surface area contributed by atoms with Crippen LogP contribution in [0.5, 0.6) is 11.5 Å². The summed E-state index contributed by atoms with van der Waals surface area (Å²) in [5.74, 6) is 0.675. The summed E-state index contributed by atoms with van der Waals surface area (Å²) in [5, 5.41) is 4.26. The quantitative estimate of drug-likeness (QED) is 0.320. The largest absolute Gasteiger partial charge is 0.481 e. The first-order chi connectivity index (χ1) is 12.7. The van der Waals surface area contributed by atoms with E-state index in [-0.39, 0.29) is 6.61 Å². The molecule has 0 fully saturated rings. The molecule has 0 aromatic heterocycles. The van der Waals surface area contributed by atoms with Crippen LogP contribution in [-0.4, -0.2) is 12.6 Å². The van der Waals surface area contributed by atoms with E-state index in [9.17, 15) is 4.79 Å². The molecule has 0 amide bonds. The highest BCUT2D eigenvalue weighted by Crippen LogP contribution is 2.33. The molecule has 0 spiro atoms. The van der Waals surface area contributed by atoms with Gasteiger partial charge >= 0.3 is 5.97 Å². The van der Waals surface area contributed by atoms with Crippen LogP contribution in [0.2, 0.25) is 0 Å². The normalized spacial score (nSPS) is 10.8. The van der Waals surface area contributed by atoms with Crippen molar-refractivity contribution in [3.8, 4) is 11.5 Å². The number of ether oxygens (including phenoxy) is 2. The molecule has 0 atom stereocenters. The molecule has 0 aliphatic heterocycles. The lowest BCUT2D eigenvalue weighted by molar-refractivity contribution is -0.136. The third kappa shape index (κ3) is 3.41. The van der Waals surface area contributed by atoms with Crippen molar-refractivity contribution in [2.24, 2.45) is 0 Å². The molecule has 0 radical (unpaired) electrons. The Kier molecular flexibility index (Phi) is 4.59. The van der Waals surface area contributed by atoms with Gasteiger partial charge in [0.15, 0.2) is 6.61 Å². The molecule has 0 unspecified atom stereocenters. The SMILES string of the molecule is O=C(COc1ccc2ccccc2c1Br)Oc1ccc2ccccc2c1. The van der Waals surface area contributed by atoms with Crippen LogP contribution < -0.4 is 9.47 Å². The number of hydrogen-bond acceptors (Lipinski definition) is 3. The highest BCUT2D eigenvalue weighted by Gasteiger charge is 2.10. The maximum Gasteiger partial charge on any atom is 0.349 e. The van der Waals surface area contributed by atoms with Gasteiger partial charge in [0.1, 0.15) is 11.5 Å². The number of esters is 1. The van der Waals surface area contributed by atoms with E-state index in [1.807, 2.05) is 72.8 Å². The number of hydrogen-bond donors (Lipinski definition) is 0. The predicted octanol–water partition coefficient (Wildman–Crippen LogP) is 5.74. The molecule has 4 aromatic carbocycles. The van der Waals surface area contributed by atoms with Crippen molar-refractivity contribution < 1.29 is 14.3 Å². The second kappa shape index (κ2) is 7.18. The maximum atomic E-state index is 12.1. The molecule has 0 saturated heterocycles. The van der Waals surface area contributed by atoms with Crippen LogP contribution in [0.4, 0.5) is 0 Å². The Morgan fingerprint density at radius 2 is 1.50 bits per heavy atom. The second-order valence-corrected chi connectivity index (χ2v) is 6.66. The van der Waals surface area contributed by atoms with E-state index in [0.29, 0.717) is 11.5 Å². The first-order valence-corrected chi connectivity index (χ1v) is 8.99. The van der Waals surface area contributed by atoms with Crippen LogP contribution in [0.3, 0.4) is 0 Å². The molecule has 0 aliphatic carbocycles. The van der Waals surface area contributed by atoms with Gasteiger partial charge in [-0.2, -0.15) is 0 Å². The van der Waals surface area contributed by atoms with E-state index in [4.69, 9.17) is 9.47 Å². The first kappa shape index (κ1) is 16.6. The van der Waals surface area contributed by atoms with Crippen molar-refractivity contribution in [1.29, 1.82) is 0 Å². The summed E-state index contributed by atoms with van der Waals surface area (Å²) in [6.07, 6.45) is 0. The Labute approximate surface area is 159 Å². The summed E-state index contributed by atoms with van der Waals surface area (Å²) < 4.78 is 11.9. The molecule has 128 valence electrons. The van der Waals surface area contributed by atoms with Gasteiger partial charge in [0.2, 0.25) is 0 Å². The fourth-order valence-corrected chi connectivity index (χ4v) is 3.46. The van der Waals surface area contributed by atoms with Crippen molar-refractivity contribution in [2.45, 2.75) is 0 Å². The number of carbonyl (C=O) groups excluding carboxylic acids is 1. The fourth-order valence-electron chi connectivity index (χ4n) is 2.85.